The molecule has 1 heterocycles. The highest BCUT2D eigenvalue weighted by atomic mass is 32.2. The number of nitrogens with one attached hydrogen (secondary N) is 1. The van der Waals surface area contributed by atoms with Crippen molar-refractivity contribution in [2.24, 2.45) is 5.92 Å². The predicted molar refractivity (Wildman–Crippen MR) is 66.2 cm³/mol. The molecule has 1 aliphatic heterocycles. The van der Waals surface area contributed by atoms with E-state index in [-0.39, 0.29) is 12.1 Å². The minimum Gasteiger partial charge on any atom is -0.480 e. The summed E-state index contributed by atoms with van der Waals surface area (Å²) in [5, 5.41) is 12.0. The summed E-state index contributed by atoms with van der Waals surface area (Å²) in [7, 11) is 0. The van der Waals surface area contributed by atoms with Crippen LogP contribution in [0.3, 0.4) is 0 Å². The molecule has 1 saturated carbocycles. The van der Waals surface area contributed by atoms with Crippen molar-refractivity contribution >= 4 is 23.8 Å². The highest BCUT2D eigenvalue weighted by Gasteiger charge is 2.35. The molecule has 1 saturated heterocycles. The number of nitrogens with zero attached hydrogens (tertiary/aromatic N) is 1. The summed E-state index contributed by atoms with van der Waals surface area (Å²) in [5.74, 6) is 1.07. The SMILES string of the molecule is CC1CC(NC(=O)N2CCSCC2C(=O)O)C1. The Morgan fingerprint density at radius 2 is 2.12 bits per heavy atom. The van der Waals surface area contributed by atoms with Crippen LogP contribution in [-0.4, -0.2) is 52.1 Å². The van der Waals surface area contributed by atoms with E-state index < -0.39 is 12.0 Å². The van der Waals surface area contributed by atoms with E-state index in [0.29, 0.717) is 18.2 Å². The monoisotopic (exact) mass is 258 g/mol. The molecule has 0 aromatic heterocycles. The summed E-state index contributed by atoms with van der Waals surface area (Å²) in [6, 6.07) is -0.651. The van der Waals surface area contributed by atoms with Gasteiger partial charge in [-0.15, -0.1) is 0 Å². The van der Waals surface area contributed by atoms with Crippen molar-refractivity contribution in [3.05, 3.63) is 0 Å². The third-order valence-electron chi connectivity index (χ3n) is 3.38. The fourth-order valence-corrected chi connectivity index (χ4v) is 3.37. The highest BCUT2D eigenvalue weighted by Crippen LogP contribution is 2.27. The maximum atomic E-state index is 12.0. The second-order valence-electron chi connectivity index (χ2n) is 4.85. The molecule has 1 aliphatic carbocycles. The number of hydrogen-bond acceptors (Lipinski definition) is 3. The Morgan fingerprint density at radius 1 is 1.41 bits per heavy atom. The molecule has 96 valence electrons. The van der Waals surface area contributed by atoms with Crippen molar-refractivity contribution in [2.75, 3.05) is 18.1 Å². The molecule has 5 nitrogen and oxygen atoms in total. The number of carbonyl (C=O) groups is 2. The molecule has 2 amide bonds. The lowest BCUT2D eigenvalue weighted by Gasteiger charge is -2.38. The summed E-state index contributed by atoms with van der Waals surface area (Å²) in [5.41, 5.74) is 0. The van der Waals surface area contributed by atoms with Crippen LogP contribution in [0.1, 0.15) is 19.8 Å². The fourth-order valence-electron chi connectivity index (χ4n) is 2.33. The predicted octanol–water partition coefficient (Wildman–Crippen LogP) is 0.996. The Kier molecular flexibility index (Phi) is 3.81. The first-order chi connectivity index (χ1) is 8.08. The molecule has 6 heteroatoms. The zero-order valence-corrected chi connectivity index (χ0v) is 10.7. The zero-order chi connectivity index (χ0) is 12.4. The van der Waals surface area contributed by atoms with E-state index in [1.54, 1.807) is 11.8 Å². The van der Waals surface area contributed by atoms with Crippen molar-refractivity contribution in [2.45, 2.75) is 31.8 Å². The van der Waals surface area contributed by atoms with Crippen LogP contribution in [0, 0.1) is 5.92 Å². The summed E-state index contributed by atoms with van der Waals surface area (Å²) >= 11 is 1.59. The number of rotatable bonds is 2. The molecule has 0 aromatic rings. The number of carboxylic acid groups (broad SMARTS) is 1. The first-order valence-corrected chi connectivity index (χ1v) is 7.11. The minimum atomic E-state index is -0.908. The molecule has 2 N–H and O–H groups in total. The molecule has 2 aliphatic rings. The van der Waals surface area contributed by atoms with Crippen molar-refractivity contribution in [1.82, 2.24) is 10.2 Å². The molecule has 17 heavy (non-hydrogen) atoms. The maximum Gasteiger partial charge on any atom is 0.327 e. The maximum absolute atomic E-state index is 12.0. The standard InChI is InChI=1S/C11H18N2O3S/c1-7-4-8(5-7)12-11(16)13-2-3-17-6-9(13)10(14)15/h7-9H,2-6H2,1H3,(H,12,16)(H,14,15). The normalized spacial score (nSPS) is 32.8. The van der Waals surface area contributed by atoms with Crippen LogP contribution in [0.25, 0.3) is 0 Å². The molecule has 0 aromatic carbocycles. The van der Waals surface area contributed by atoms with Crippen LogP contribution in [-0.2, 0) is 4.79 Å². The van der Waals surface area contributed by atoms with Crippen LogP contribution >= 0.6 is 11.8 Å². The van der Waals surface area contributed by atoms with Gasteiger partial charge in [-0.3, -0.25) is 0 Å². The molecule has 2 rings (SSSR count). The average Bonchev–Trinajstić information content (AvgIpc) is 2.27. The van der Waals surface area contributed by atoms with Crippen molar-refractivity contribution in [3.8, 4) is 0 Å². The molecule has 0 spiro atoms. The van der Waals surface area contributed by atoms with E-state index in [4.69, 9.17) is 5.11 Å². The van der Waals surface area contributed by atoms with Crippen molar-refractivity contribution in [1.29, 1.82) is 0 Å². The lowest BCUT2D eigenvalue weighted by Crippen LogP contribution is -2.57. The average molecular weight is 258 g/mol. The van der Waals surface area contributed by atoms with Gasteiger partial charge in [-0.2, -0.15) is 11.8 Å². The lowest BCUT2D eigenvalue weighted by atomic mass is 9.82. The van der Waals surface area contributed by atoms with Gasteiger partial charge in [0, 0.05) is 24.1 Å². The largest absolute Gasteiger partial charge is 0.480 e. The van der Waals surface area contributed by atoms with Crippen LogP contribution in [0.2, 0.25) is 0 Å². The molecule has 2 fully saturated rings. The van der Waals surface area contributed by atoms with Gasteiger partial charge in [-0.1, -0.05) is 6.92 Å². The quantitative estimate of drug-likeness (QED) is 0.775. The first kappa shape index (κ1) is 12.5. The van der Waals surface area contributed by atoms with E-state index in [0.717, 1.165) is 18.6 Å². The molecule has 0 bridgehead atoms. The number of aliphatic carboxylic acids is 1. The Balaban J connectivity index is 1.89. The minimum absolute atomic E-state index is 0.213. The Labute approximate surface area is 105 Å². The Bertz CT molecular complexity index is 318. The molecule has 1 unspecified atom stereocenters. The van der Waals surface area contributed by atoms with Gasteiger partial charge in [0.25, 0.3) is 0 Å². The van der Waals surface area contributed by atoms with Gasteiger partial charge >= 0.3 is 12.0 Å². The summed E-state index contributed by atoms with van der Waals surface area (Å²) in [4.78, 5) is 24.5. The number of hydrogen-bond donors (Lipinski definition) is 2. The third-order valence-corrected chi connectivity index (χ3v) is 4.40. The number of amides is 2. The molecular formula is C11H18N2O3S. The summed E-state index contributed by atoms with van der Waals surface area (Å²) in [6.45, 7) is 2.68. The number of carbonyl (C=O) groups excluding carboxylic acids is 1. The van der Waals surface area contributed by atoms with Crippen LogP contribution in [0.15, 0.2) is 0 Å². The van der Waals surface area contributed by atoms with Gasteiger partial charge in [-0.25, -0.2) is 9.59 Å². The van der Waals surface area contributed by atoms with E-state index in [1.165, 1.54) is 4.90 Å². The van der Waals surface area contributed by atoms with Gasteiger partial charge < -0.3 is 15.3 Å². The topological polar surface area (TPSA) is 69.6 Å². The number of thioether (sulfide) groups is 1. The van der Waals surface area contributed by atoms with Crippen LogP contribution in [0.5, 0.6) is 0 Å². The molecule has 0 radical (unpaired) electrons. The van der Waals surface area contributed by atoms with E-state index in [2.05, 4.69) is 12.2 Å². The van der Waals surface area contributed by atoms with Gasteiger partial charge in [0.1, 0.15) is 6.04 Å². The highest BCUT2D eigenvalue weighted by molar-refractivity contribution is 7.99. The molecule has 1 atom stereocenters. The Morgan fingerprint density at radius 3 is 2.71 bits per heavy atom. The lowest BCUT2D eigenvalue weighted by molar-refractivity contribution is -0.141. The second-order valence-corrected chi connectivity index (χ2v) is 6.00. The third kappa shape index (κ3) is 2.86. The number of carboxylic acids is 1. The van der Waals surface area contributed by atoms with E-state index in [1.807, 2.05) is 0 Å². The van der Waals surface area contributed by atoms with Gasteiger partial charge in [-0.05, 0) is 18.8 Å². The zero-order valence-electron chi connectivity index (χ0n) is 9.89. The van der Waals surface area contributed by atoms with Crippen LogP contribution < -0.4 is 5.32 Å². The second kappa shape index (κ2) is 5.16. The fraction of sp³-hybridized carbons (Fsp3) is 0.818. The van der Waals surface area contributed by atoms with E-state index in [9.17, 15) is 9.59 Å². The molecular weight excluding hydrogens is 240 g/mol. The van der Waals surface area contributed by atoms with Crippen LogP contribution in [0.4, 0.5) is 4.79 Å². The number of urea groups is 1. The Hall–Kier alpha value is -0.910. The summed E-state index contributed by atoms with van der Waals surface area (Å²) < 4.78 is 0. The first-order valence-electron chi connectivity index (χ1n) is 5.95. The van der Waals surface area contributed by atoms with Crippen molar-refractivity contribution in [3.63, 3.8) is 0 Å². The smallest absolute Gasteiger partial charge is 0.327 e. The van der Waals surface area contributed by atoms with Crippen molar-refractivity contribution < 1.29 is 14.7 Å². The summed E-state index contributed by atoms with van der Waals surface area (Å²) in [6.07, 6.45) is 2.01. The van der Waals surface area contributed by atoms with E-state index >= 15 is 0 Å². The van der Waals surface area contributed by atoms with Gasteiger partial charge in [0.05, 0.1) is 0 Å². The van der Waals surface area contributed by atoms with Gasteiger partial charge in [0.2, 0.25) is 0 Å². The van der Waals surface area contributed by atoms with Gasteiger partial charge in [0.15, 0.2) is 0 Å².